The molecule has 1 rings (SSSR count). The number of aliphatic imine (C=N–C) groups is 1. The number of hydrogen-bond donors (Lipinski definition) is 0. The van der Waals surface area contributed by atoms with Crippen LogP contribution in [-0.4, -0.2) is 5.71 Å². The molecule has 1 nitrogen and oxygen atoms in total. The zero-order valence-electron chi connectivity index (χ0n) is 6.36. The van der Waals surface area contributed by atoms with Crippen molar-refractivity contribution in [3.63, 3.8) is 0 Å². The standard InChI is InChI=1S/C8H13N/c1-6-5-8(3,4)7(2)9-6/h1,5H2,2-4H3. The first-order valence-corrected chi connectivity index (χ1v) is 3.26. The minimum Gasteiger partial charge on any atom is -0.263 e. The van der Waals surface area contributed by atoms with Crippen molar-refractivity contribution in [1.29, 1.82) is 0 Å². The van der Waals surface area contributed by atoms with Crippen LogP contribution in [0.4, 0.5) is 0 Å². The molecular formula is C8H13N. The van der Waals surface area contributed by atoms with Gasteiger partial charge in [0.05, 0.1) is 0 Å². The fraction of sp³-hybridized carbons (Fsp3) is 0.625. The quantitative estimate of drug-likeness (QED) is 0.469. The molecule has 0 aromatic carbocycles. The van der Waals surface area contributed by atoms with Gasteiger partial charge in [-0.3, -0.25) is 4.99 Å². The lowest BCUT2D eigenvalue weighted by Crippen LogP contribution is -2.15. The van der Waals surface area contributed by atoms with E-state index in [1.807, 2.05) is 0 Å². The third-order valence-electron chi connectivity index (χ3n) is 1.95. The van der Waals surface area contributed by atoms with Gasteiger partial charge in [0.25, 0.3) is 0 Å². The van der Waals surface area contributed by atoms with Gasteiger partial charge in [-0.05, 0) is 13.3 Å². The lowest BCUT2D eigenvalue weighted by molar-refractivity contribution is 0.540. The lowest BCUT2D eigenvalue weighted by Gasteiger charge is -2.15. The molecule has 50 valence electrons. The second-order valence-electron chi connectivity index (χ2n) is 3.32. The van der Waals surface area contributed by atoms with Crippen molar-refractivity contribution in [2.24, 2.45) is 10.4 Å². The van der Waals surface area contributed by atoms with Crippen LogP contribution in [0.3, 0.4) is 0 Å². The Bertz CT molecular complexity index is 175. The minimum absolute atomic E-state index is 0.275. The first kappa shape index (κ1) is 6.53. The molecule has 0 unspecified atom stereocenters. The molecule has 9 heavy (non-hydrogen) atoms. The van der Waals surface area contributed by atoms with Gasteiger partial charge in [-0.15, -0.1) is 0 Å². The summed E-state index contributed by atoms with van der Waals surface area (Å²) in [5.74, 6) is 0. The normalized spacial score (nSPS) is 24.3. The molecule has 1 aliphatic heterocycles. The SMILES string of the molecule is C=C1CC(C)(C)C(C)=N1. The van der Waals surface area contributed by atoms with Gasteiger partial charge in [0.2, 0.25) is 0 Å². The Labute approximate surface area is 56.5 Å². The van der Waals surface area contributed by atoms with E-state index in [1.54, 1.807) is 0 Å². The highest BCUT2D eigenvalue weighted by molar-refractivity contribution is 5.90. The molecule has 0 N–H and O–H groups in total. The molecule has 0 saturated carbocycles. The number of allylic oxidation sites excluding steroid dienone is 1. The average molecular weight is 123 g/mol. The maximum Gasteiger partial charge on any atom is 0.0340 e. The third-order valence-corrected chi connectivity index (χ3v) is 1.95. The summed E-state index contributed by atoms with van der Waals surface area (Å²) in [6.07, 6.45) is 1.03. The molecular weight excluding hydrogens is 110 g/mol. The van der Waals surface area contributed by atoms with E-state index in [9.17, 15) is 0 Å². The van der Waals surface area contributed by atoms with E-state index in [1.165, 1.54) is 5.71 Å². The van der Waals surface area contributed by atoms with Gasteiger partial charge >= 0.3 is 0 Å². The van der Waals surface area contributed by atoms with Gasteiger partial charge in [-0.2, -0.15) is 0 Å². The molecule has 0 aliphatic carbocycles. The predicted octanol–water partition coefficient (Wildman–Crippen LogP) is 2.39. The van der Waals surface area contributed by atoms with Crippen LogP contribution in [0, 0.1) is 5.41 Å². The van der Waals surface area contributed by atoms with Gasteiger partial charge in [0.15, 0.2) is 0 Å². The molecule has 1 aliphatic rings. The number of rotatable bonds is 0. The summed E-state index contributed by atoms with van der Waals surface area (Å²) in [6, 6.07) is 0. The number of hydrogen-bond acceptors (Lipinski definition) is 1. The van der Waals surface area contributed by atoms with Gasteiger partial charge in [-0.25, -0.2) is 0 Å². The molecule has 0 saturated heterocycles. The predicted molar refractivity (Wildman–Crippen MR) is 40.6 cm³/mol. The van der Waals surface area contributed by atoms with E-state index < -0.39 is 0 Å². The maximum absolute atomic E-state index is 4.26. The Morgan fingerprint density at radius 2 is 2.11 bits per heavy atom. The first-order chi connectivity index (χ1) is 4.02. The van der Waals surface area contributed by atoms with Gasteiger partial charge < -0.3 is 0 Å². The molecule has 0 spiro atoms. The highest BCUT2D eigenvalue weighted by Crippen LogP contribution is 2.33. The smallest absolute Gasteiger partial charge is 0.0340 e. The van der Waals surface area contributed by atoms with E-state index in [-0.39, 0.29) is 5.41 Å². The van der Waals surface area contributed by atoms with Crippen LogP contribution in [0.1, 0.15) is 27.2 Å². The van der Waals surface area contributed by atoms with Gasteiger partial charge in [0.1, 0.15) is 0 Å². The average Bonchev–Trinajstić information content (AvgIpc) is 1.79. The van der Waals surface area contributed by atoms with Crippen molar-refractivity contribution in [2.75, 3.05) is 0 Å². The lowest BCUT2D eigenvalue weighted by atomic mass is 9.87. The summed E-state index contributed by atoms with van der Waals surface area (Å²) in [6.45, 7) is 10.3. The summed E-state index contributed by atoms with van der Waals surface area (Å²) >= 11 is 0. The largest absolute Gasteiger partial charge is 0.263 e. The number of nitrogens with zero attached hydrogens (tertiary/aromatic N) is 1. The van der Waals surface area contributed by atoms with E-state index >= 15 is 0 Å². The Kier molecular flexibility index (Phi) is 1.23. The van der Waals surface area contributed by atoms with Crippen LogP contribution in [0.5, 0.6) is 0 Å². The molecule has 0 atom stereocenters. The first-order valence-electron chi connectivity index (χ1n) is 3.26. The van der Waals surface area contributed by atoms with Crippen molar-refractivity contribution in [3.05, 3.63) is 12.3 Å². The van der Waals surface area contributed by atoms with Crippen molar-refractivity contribution in [2.45, 2.75) is 27.2 Å². The second-order valence-corrected chi connectivity index (χ2v) is 3.32. The summed E-state index contributed by atoms with van der Waals surface area (Å²) in [7, 11) is 0. The topological polar surface area (TPSA) is 12.4 Å². The van der Waals surface area contributed by atoms with E-state index in [0.29, 0.717) is 0 Å². The van der Waals surface area contributed by atoms with Crippen molar-refractivity contribution >= 4 is 5.71 Å². The fourth-order valence-corrected chi connectivity index (χ4v) is 1.07. The van der Waals surface area contributed by atoms with Crippen LogP contribution >= 0.6 is 0 Å². The summed E-state index contributed by atoms with van der Waals surface area (Å²) in [5, 5.41) is 0. The monoisotopic (exact) mass is 123 g/mol. The van der Waals surface area contributed by atoms with Crippen LogP contribution in [0.25, 0.3) is 0 Å². The Morgan fingerprint density at radius 1 is 1.56 bits per heavy atom. The molecule has 0 bridgehead atoms. The molecule has 0 fully saturated rings. The van der Waals surface area contributed by atoms with Crippen LogP contribution in [0.15, 0.2) is 17.3 Å². The molecule has 1 heteroatoms. The Morgan fingerprint density at radius 3 is 2.22 bits per heavy atom. The molecule has 0 aromatic rings. The summed E-state index contributed by atoms with van der Waals surface area (Å²) < 4.78 is 0. The summed E-state index contributed by atoms with van der Waals surface area (Å²) in [4.78, 5) is 4.26. The summed E-state index contributed by atoms with van der Waals surface area (Å²) in [5.41, 5.74) is 2.52. The van der Waals surface area contributed by atoms with Crippen molar-refractivity contribution in [1.82, 2.24) is 0 Å². The fourth-order valence-electron chi connectivity index (χ4n) is 1.07. The van der Waals surface area contributed by atoms with E-state index in [4.69, 9.17) is 0 Å². The van der Waals surface area contributed by atoms with Crippen molar-refractivity contribution in [3.8, 4) is 0 Å². The third kappa shape index (κ3) is 1.04. The Hall–Kier alpha value is -0.590. The molecule has 1 heterocycles. The van der Waals surface area contributed by atoms with Crippen molar-refractivity contribution < 1.29 is 0 Å². The van der Waals surface area contributed by atoms with Gasteiger partial charge in [-0.1, -0.05) is 20.4 Å². The van der Waals surface area contributed by atoms with E-state index in [2.05, 4.69) is 32.3 Å². The molecule has 0 amide bonds. The highest BCUT2D eigenvalue weighted by atomic mass is 14.8. The van der Waals surface area contributed by atoms with Gasteiger partial charge in [0, 0.05) is 16.8 Å². The van der Waals surface area contributed by atoms with Crippen LogP contribution in [-0.2, 0) is 0 Å². The van der Waals surface area contributed by atoms with E-state index in [0.717, 1.165) is 12.1 Å². The highest BCUT2D eigenvalue weighted by Gasteiger charge is 2.27. The van der Waals surface area contributed by atoms with Crippen LogP contribution < -0.4 is 0 Å². The zero-order chi connectivity index (χ0) is 7.07. The van der Waals surface area contributed by atoms with Crippen LogP contribution in [0.2, 0.25) is 0 Å². The minimum atomic E-state index is 0.275. The molecule has 0 radical (unpaired) electrons. The second kappa shape index (κ2) is 1.69. The molecule has 0 aromatic heterocycles. The maximum atomic E-state index is 4.26. The zero-order valence-corrected chi connectivity index (χ0v) is 6.36. The Balaban J connectivity index is 2.89.